The summed E-state index contributed by atoms with van der Waals surface area (Å²) >= 11 is 0. The van der Waals surface area contributed by atoms with Crippen molar-refractivity contribution in [2.45, 2.75) is 33.1 Å². The third-order valence-electron chi connectivity index (χ3n) is 3.69. The first kappa shape index (κ1) is 14.2. The maximum absolute atomic E-state index is 3.74. The van der Waals surface area contributed by atoms with E-state index in [0.29, 0.717) is 5.92 Å². The topological polar surface area (TPSA) is 3.24 Å². The molecule has 0 amide bonds. The van der Waals surface area contributed by atoms with Gasteiger partial charge in [0.2, 0.25) is 0 Å². The molecule has 1 rings (SSSR count). The molecule has 0 bridgehead atoms. The van der Waals surface area contributed by atoms with E-state index in [2.05, 4.69) is 49.6 Å². The van der Waals surface area contributed by atoms with Gasteiger partial charge in [-0.25, -0.2) is 0 Å². The molecule has 0 aromatic rings. The Morgan fingerprint density at radius 2 is 2.00 bits per heavy atom. The molecule has 96 valence electrons. The Morgan fingerprint density at radius 3 is 2.53 bits per heavy atom. The molecular weight excluding hydrogens is 206 g/mol. The highest BCUT2D eigenvalue weighted by atomic mass is 15.1. The zero-order valence-electron chi connectivity index (χ0n) is 11.4. The fourth-order valence-electron chi connectivity index (χ4n) is 2.53. The first-order chi connectivity index (χ1) is 8.30. The van der Waals surface area contributed by atoms with Crippen LogP contribution in [0.4, 0.5) is 0 Å². The SMILES string of the molecule is C=C/C=C\C(C=CC)CN1CCC(CC)CC1. The Bertz CT molecular complexity index is 257. The van der Waals surface area contributed by atoms with Crippen LogP contribution >= 0.6 is 0 Å². The Balaban J connectivity index is 2.40. The second-order valence-corrected chi connectivity index (χ2v) is 4.96. The monoisotopic (exact) mass is 233 g/mol. The van der Waals surface area contributed by atoms with Crippen LogP contribution in [0.3, 0.4) is 0 Å². The van der Waals surface area contributed by atoms with Crippen molar-refractivity contribution in [3.05, 3.63) is 37.0 Å². The van der Waals surface area contributed by atoms with Gasteiger partial charge in [-0.15, -0.1) is 0 Å². The van der Waals surface area contributed by atoms with Crippen LogP contribution < -0.4 is 0 Å². The van der Waals surface area contributed by atoms with E-state index in [9.17, 15) is 0 Å². The summed E-state index contributed by atoms with van der Waals surface area (Å²) in [7, 11) is 0. The van der Waals surface area contributed by atoms with Crippen LogP contribution in [0, 0.1) is 11.8 Å². The van der Waals surface area contributed by atoms with Gasteiger partial charge in [0.1, 0.15) is 0 Å². The van der Waals surface area contributed by atoms with Crippen molar-refractivity contribution in [2.24, 2.45) is 11.8 Å². The Morgan fingerprint density at radius 1 is 1.29 bits per heavy atom. The molecule has 1 unspecified atom stereocenters. The minimum atomic E-state index is 0.538. The van der Waals surface area contributed by atoms with Gasteiger partial charge >= 0.3 is 0 Å². The molecule has 0 aromatic heterocycles. The quantitative estimate of drug-likeness (QED) is 0.494. The summed E-state index contributed by atoms with van der Waals surface area (Å²) in [6.07, 6.45) is 14.7. The number of hydrogen-bond donors (Lipinski definition) is 0. The summed E-state index contributed by atoms with van der Waals surface area (Å²) in [6, 6.07) is 0. The van der Waals surface area contributed by atoms with Gasteiger partial charge in [-0.2, -0.15) is 0 Å². The molecule has 0 spiro atoms. The highest BCUT2D eigenvalue weighted by molar-refractivity contribution is 5.06. The van der Waals surface area contributed by atoms with Crippen LogP contribution in [-0.4, -0.2) is 24.5 Å². The van der Waals surface area contributed by atoms with Crippen LogP contribution in [0.2, 0.25) is 0 Å². The van der Waals surface area contributed by atoms with Crippen LogP contribution in [0.15, 0.2) is 37.0 Å². The maximum atomic E-state index is 3.74. The second kappa shape index (κ2) is 8.30. The van der Waals surface area contributed by atoms with Gasteiger partial charge in [0.15, 0.2) is 0 Å². The summed E-state index contributed by atoms with van der Waals surface area (Å²) in [6.45, 7) is 11.8. The first-order valence-corrected chi connectivity index (χ1v) is 6.94. The van der Waals surface area contributed by atoms with E-state index in [1.54, 1.807) is 0 Å². The predicted molar refractivity (Wildman–Crippen MR) is 77.1 cm³/mol. The largest absolute Gasteiger partial charge is 0.302 e. The van der Waals surface area contributed by atoms with Crippen molar-refractivity contribution < 1.29 is 0 Å². The molecule has 1 atom stereocenters. The minimum Gasteiger partial charge on any atom is -0.302 e. The molecule has 0 N–H and O–H groups in total. The molecule has 0 aromatic carbocycles. The lowest BCUT2D eigenvalue weighted by Gasteiger charge is -2.32. The number of likely N-dealkylation sites (tertiary alicyclic amines) is 1. The van der Waals surface area contributed by atoms with Gasteiger partial charge < -0.3 is 4.90 Å². The maximum Gasteiger partial charge on any atom is 0.00793 e. The smallest absolute Gasteiger partial charge is 0.00793 e. The van der Waals surface area contributed by atoms with Crippen LogP contribution in [-0.2, 0) is 0 Å². The molecule has 1 fully saturated rings. The first-order valence-electron chi connectivity index (χ1n) is 6.94. The van der Waals surface area contributed by atoms with Crippen molar-refractivity contribution in [1.29, 1.82) is 0 Å². The van der Waals surface area contributed by atoms with Gasteiger partial charge in [-0.05, 0) is 38.8 Å². The minimum absolute atomic E-state index is 0.538. The van der Waals surface area contributed by atoms with E-state index in [0.717, 1.165) is 12.5 Å². The van der Waals surface area contributed by atoms with Crippen molar-refractivity contribution in [3.63, 3.8) is 0 Å². The van der Waals surface area contributed by atoms with E-state index >= 15 is 0 Å². The van der Waals surface area contributed by atoms with Gasteiger partial charge in [0, 0.05) is 12.5 Å². The van der Waals surface area contributed by atoms with Crippen LogP contribution in [0.25, 0.3) is 0 Å². The lowest BCUT2D eigenvalue weighted by atomic mass is 9.93. The lowest BCUT2D eigenvalue weighted by Crippen LogP contribution is -2.36. The summed E-state index contributed by atoms with van der Waals surface area (Å²) < 4.78 is 0. The average molecular weight is 233 g/mol. The zero-order chi connectivity index (χ0) is 12.5. The summed E-state index contributed by atoms with van der Waals surface area (Å²) in [5, 5.41) is 0. The lowest BCUT2D eigenvalue weighted by molar-refractivity contribution is 0.175. The Kier molecular flexibility index (Phi) is 6.95. The zero-order valence-corrected chi connectivity index (χ0v) is 11.4. The molecular formula is C16H27N. The summed E-state index contributed by atoms with van der Waals surface area (Å²) in [5.74, 6) is 1.51. The molecule has 1 nitrogen and oxygen atoms in total. The predicted octanol–water partition coefficient (Wildman–Crippen LogP) is 4.04. The Labute approximate surface area is 107 Å². The molecule has 17 heavy (non-hydrogen) atoms. The molecule has 0 aliphatic carbocycles. The molecule has 1 heterocycles. The molecule has 1 aliphatic rings. The number of hydrogen-bond acceptors (Lipinski definition) is 1. The highest BCUT2D eigenvalue weighted by Crippen LogP contribution is 2.21. The average Bonchev–Trinajstić information content (AvgIpc) is 2.37. The molecule has 1 saturated heterocycles. The van der Waals surface area contributed by atoms with Gasteiger partial charge in [0.05, 0.1) is 0 Å². The van der Waals surface area contributed by atoms with E-state index < -0.39 is 0 Å². The van der Waals surface area contributed by atoms with Crippen molar-refractivity contribution >= 4 is 0 Å². The van der Waals surface area contributed by atoms with Gasteiger partial charge in [-0.1, -0.05) is 50.3 Å². The fraction of sp³-hybridized carbons (Fsp3) is 0.625. The number of piperidine rings is 1. The van der Waals surface area contributed by atoms with Crippen molar-refractivity contribution in [2.75, 3.05) is 19.6 Å². The standard InChI is InChI=1S/C16H27N/c1-4-7-9-16(8-5-2)14-17-12-10-15(6-3)11-13-17/h4-5,7-9,15-16H,1,6,10-14H2,2-3H3/b8-5?,9-7-. The van der Waals surface area contributed by atoms with Gasteiger partial charge in [0.25, 0.3) is 0 Å². The van der Waals surface area contributed by atoms with Crippen molar-refractivity contribution in [1.82, 2.24) is 4.90 Å². The third kappa shape index (κ3) is 5.36. The number of rotatable bonds is 6. The molecule has 1 aliphatic heterocycles. The molecule has 0 radical (unpaired) electrons. The fourth-order valence-corrected chi connectivity index (χ4v) is 2.53. The number of nitrogens with zero attached hydrogens (tertiary/aromatic N) is 1. The second-order valence-electron chi connectivity index (χ2n) is 4.96. The molecule has 1 heteroatoms. The van der Waals surface area contributed by atoms with Crippen LogP contribution in [0.1, 0.15) is 33.1 Å². The number of allylic oxidation sites excluding steroid dienone is 3. The summed E-state index contributed by atoms with van der Waals surface area (Å²) in [5.41, 5.74) is 0. The van der Waals surface area contributed by atoms with E-state index in [1.165, 1.54) is 32.4 Å². The Hall–Kier alpha value is -0.820. The van der Waals surface area contributed by atoms with Gasteiger partial charge in [-0.3, -0.25) is 0 Å². The van der Waals surface area contributed by atoms with E-state index in [4.69, 9.17) is 0 Å². The normalized spacial score (nSPS) is 21.3. The van der Waals surface area contributed by atoms with Crippen molar-refractivity contribution in [3.8, 4) is 0 Å². The highest BCUT2D eigenvalue weighted by Gasteiger charge is 2.18. The van der Waals surface area contributed by atoms with Crippen LogP contribution in [0.5, 0.6) is 0 Å². The third-order valence-corrected chi connectivity index (χ3v) is 3.69. The van der Waals surface area contributed by atoms with E-state index in [-0.39, 0.29) is 0 Å². The summed E-state index contributed by atoms with van der Waals surface area (Å²) in [4.78, 5) is 2.60. The van der Waals surface area contributed by atoms with E-state index in [1.807, 2.05) is 6.08 Å². The molecule has 0 saturated carbocycles.